The van der Waals surface area contributed by atoms with Crippen molar-refractivity contribution in [2.24, 2.45) is 0 Å². The number of allylic oxidation sites excluding steroid dienone is 1. The normalized spacial score (nSPS) is 10.4. The molecule has 0 bridgehead atoms. The third-order valence-corrected chi connectivity index (χ3v) is 1.38. The van der Waals surface area contributed by atoms with Gasteiger partial charge in [0.2, 0.25) is 0 Å². The minimum Gasteiger partial charge on any atom is -0.297 e. The number of nitrogens with zero attached hydrogens (tertiary/aromatic N) is 1. The van der Waals surface area contributed by atoms with Gasteiger partial charge in [-0.1, -0.05) is 30.3 Å². The van der Waals surface area contributed by atoms with E-state index in [1.807, 2.05) is 30.3 Å². The van der Waals surface area contributed by atoms with Crippen molar-refractivity contribution in [3.63, 3.8) is 0 Å². The van der Waals surface area contributed by atoms with E-state index in [9.17, 15) is 4.79 Å². The molecule has 0 heterocycles. The highest BCUT2D eigenvalue weighted by molar-refractivity contribution is 5.86. The van der Waals surface area contributed by atoms with Crippen molar-refractivity contribution in [2.75, 3.05) is 0 Å². The van der Waals surface area contributed by atoms with Gasteiger partial charge in [0.05, 0.1) is 5.57 Å². The average molecular weight is 157 g/mol. The van der Waals surface area contributed by atoms with Gasteiger partial charge in [-0.25, -0.2) is 0 Å². The maximum Gasteiger partial charge on any atom is 0.160 e. The van der Waals surface area contributed by atoms with Crippen LogP contribution in [0.15, 0.2) is 35.9 Å². The molecule has 0 atom stereocenters. The molecule has 0 saturated carbocycles. The lowest BCUT2D eigenvalue weighted by atomic mass is 10.1. The second-order valence-corrected chi connectivity index (χ2v) is 2.24. The van der Waals surface area contributed by atoms with Gasteiger partial charge < -0.3 is 0 Å². The van der Waals surface area contributed by atoms with Gasteiger partial charge in [0.25, 0.3) is 0 Å². The van der Waals surface area contributed by atoms with Crippen LogP contribution in [0.1, 0.15) is 5.56 Å². The zero-order chi connectivity index (χ0) is 8.81. The first-order valence-electron chi connectivity index (χ1n) is 3.49. The molecule has 0 unspecified atom stereocenters. The van der Waals surface area contributed by atoms with Crippen LogP contribution < -0.4 is 0 Å². The number of nitriles is 1. The minimum absolute atomic E-state index is 0.140. The van der Waals surface area contributed by atoms with Crippen molar-refractivity contribution < 1.29 is 4.79 Å². The minimum atomic E-state index is 0.140. The Kier molecular flexibility index (Phi) is 2.80. The molecule has 0 aliphatic heterocycles. The standard InChI is InChI=1S/C10H7NO/c11-7-10(8-12)6-9-4-2-1-3-5-9/h1-6,8H/b10-6-. The molecule has 58 valence electrons. The zero-order valence-electron chi connectivity index (χ0n) is 6.40. The van der Waals surface area contributed by atoms with Gasteiger partial charge in [-0.05, 0) is 11.6 Å². The SMILES string of the molecule is N#C/C(C=O)=C/c1ccccc1. The highest BCUT2D eigenvalue weighted by atomic mass is 16.1. The lowest BCUT2D eigenvalue weighted by Gasteiger charge is -1.89. The third-order valence-electron chi connectivity index (χ3n) is 1.38. The molecule has 1 rings (SSSR count). The Hall–Kier alpha value is -1.88. The fraction of sp³-hybridized carbons (Fsp3) is 0. The molecule has 0 radical (unpaired) electrons. The Morgan fingerprint density at radius 1 is 1.33 bits per heavy atom. The second kappa shape index (κ2) is 4.09. The Labute approximate surface area is 70.8 Å². The topological polar surface area (TPSA) is 40.9 Å². The van der Waals surface area contributed by atoms with Crippen LogP contribution in [0.5, 0.6) is 0 Å². The van der Waals surface area contributed by atoms with E-state index in [1.54, 1.807) is 12.1 Å². The summed E-state index contributed by atoms with van der Waals surface area (Å²) in [6.07, 6.45) is 2.10. The Morgan fingerprint density at radius 3 is 2.50 bits per heavy atom. The molecule has 0 fully saturated rings. The number of carbonyl (C=O) groups excluding carboxylic acids is 1. The van der Waals surface area contributed by atoms with Crippen LogP contribution in [0.2, 0.25) is 0 Å². The summed E-state index contributed by atoms with van der Waals surface area (Å²) in [6.45, 7) is 0. The lowest BCUT2D eigenvalue weighted by Crippen LogP contribution is -1.79. The number of benzene rings is 1. The van der Waals surface area contributed by atoms with Gasteiger partial charge in [0.1, 0.15) is 6.07 Å². The summed E-state index contributed by atoms with van der Waals surface area (Å²) in [6, 6.07) is 11.0. The number of carbonyl (C=O) groups is 1. The van der Waals surface area contributed by atoms with E-state index < -0.39 is 0 Å². The van der Waals surface area contributed by atoms with Crippen molar-refractivity contribution in [1.82, 2.24) is 0 Å². The van der Waals surface area contributed by atoms with Crippen molar-refractivity contribution >= 4 is 12.4 Å². The van der Waals surface area contributed by atoms with Crippen molar-refractivity contribution in [2.45, 2.75) is 0 Å². The largest absolute Gasteiger partial charge is 0.297 e. The molecule has 0 aliphatic rings. The van der Waals surface area contributed by atoms with Crippen LogP contribution in [0.3, 0.4) is 0 Å². The summed E-state index contributed by atoms with van der Waals surface area (Å²) in [5, 5.41) is 8.44. The van der Waals surface area contributed by atoms with Gasteiger partial charge in [-0.3, -0.25) is 4.79 Å². The fourth-order valence-corrected chi connectivity index (χ4v) is 0.821. The predicted octanol–water partition coefficient (Wildman–Crippen LogP) is 1.79. The summed E-state index contributed by atoms with van der Waals surface area (Å²) in [5.41, 5.74) is 1.00. The summed E-state index contributed by atoms with van der Waals surface area (Å²) >= 11 is 0. The van der Waals surface area contributed by atoms with Crippen LogP contribution in [0.25, 0.3) is 6.08 Å². The third kappa shape index (κ3) is 2.06. The number of aldehydes is 1. The van der Waals surface area contributed by atoms with E-state index in [2.05, 4.69) is 0 Å². The average Bonchev–Trinajstić information content (AvgIpc) is 2.16. The molecule has 12 heavy (non-hydrogen) atoms. The van der Waals surface area contributed by atoms with Crippen LogP contribution >= 0.6 is 0 Å². The predicted molar refractivity (Wildman–Crippen MR) is 46.1 cm³/mol. The monoisotopic (exact) mass is 157 g/mol. The van der Waals surface area contributed by atoms with E-state index in [0.29, 0.717) is 6.29 Å². The van der Waals surface area contributed by atoms with Gasteiger partial charge in [-0.2, -0.15) is 5.26 Å². The van der Waals surface area contributed by atoms with Crippen LogP contribution in [-0.2, 0) is 4.79 Å². The Bertz CT molecular complexity index is 333. The number of hydrogen-bond acceptors (Lipinski definition) is 2. The van der Waals surface area contributed by atoms with Crippen molar-refractivity contribution in [1.29, 1.82) is 5.26 Å². The smallest absolute Gasteiger partial charge is 0.160 e. The quantitative estimate of drug-likeness (QED) is 0.373. The molecular weight excluding hydrogens is 150 g/mol. The Balaban J connectivity index is 2.96. The van der Waals surface area contributed by atoms with Gasteiger partial charge in [0, 0.05) is 0 Å². The van der Waals surface area contributed by atoms with E-state index >= 15 is 0 Å². The molecule has 2 nitrogen and oxygen atoms in total. The first-order chi connectivity index (χ1) is 5.86. The number of rotatable bonds is 2. The maximum absolute atomic E-state index is 10.2. The summed E-state index contributed by atoms with van der Waals surface area (Å²) in [7, 11) is 0. The highest BCUT2D eigenvalue weighted by Crippen LogP contribution is 2.03. The van der Waals surface area contributed by atoms with Crippen LogP contribution in [-0.4, -0.2) is 6.29 Å². The summed E-state index contributed by atoms with van der Waals surface area (Å²) in [5.74, 6) is 0. The molecule has 0 N–H and O–H groups in total. The molecule has 1 aromatic rings. The molecule has 0 saturated heterocycles. The van der Waals surface area contributed by atoms with E-state index in [4.69, 9.17) is 5.26 Å². The summed E-state index contributed by atoms with van der Waals surface area (Å²) < 4.78 is 0. The molecule has 0 spiro atoms. The summed E-state index contributed by atoms with van der Waals surface area (Å²) in [4.78, 5) is 10.2. The van der Waals surface area contributed by atoms with E-state index in [-0.39, 0.29) is 5.57 Å². The zero-order valence-corrected chi connectivity index (χ0v) is 6.40. The molecule has 0 aromatic heterocycles. The second-order valence-electron chi connectivity index (χ2n) is 2.24. The van der Waals surface area contributed by atoms with Crippen molar-refractivity contribution in [3.8, 4) is 6.07 Å². The maximum atomic E-state index is 10.2. The van der Waals surface area contributed by atoms with Crippen LogP contribution in [0.4, 0.5) is 0 Å². The molecule has 0 amide bonds. The van der Waals surface area contributed by atoms with E-state index in [0.717, 1.165) is 5.56 Å². The van der Waals surface area contributed by atoms with Gasteiger partial charge >= 0.3 is 0 Å². The molecule has 1 aromatic carbocycles. The van der Waals surface area contributed by atoms with Crippen LogP contribution in [0, 0.1) is 11.3 Å². The molecule has 0 aliphatic carbocycles. The number of hydrogen-bond donors (Lipinski definition) is 0. The fourth-order valence-electron chi connectivity index (χ4n) is 0.821. The molecule has 2 heteroatoms. The first kappa shape index (κ1) is 8.22. The Morgan fingerprint density at radius 2 is 2.00 bits per heavy atom. The van der Waals surface area contributed by atoms with Gasteiger partial charge in [0.15, 0.2) is 6.29 Å². The first-order valence-corrected chi connectivity index (χ1v) is 3.49. The van der Waals surface area contributed by atoms with E-state index in [1.165, 1.54) is 0 Å². The van der Waals surface area contributed by atoms with Crippen molar-refractivity contribution in [3.05, 3.63) is 41.5 Å². The molecular formula is C10H7NO. The van der Waals surface area contributed by atoms with Gasteiger partial charge in [-0.15, -0.1) is 0 Å². The lowest BCUT2D eigenvalue weighted by molar-refractivity contribution is -0.104. The highest BCUT2D eigenvalue weighted by Gasteiger charge is 1.91.